The predicted octanol–water partition coefficient (Wildman–Crippen LogP) is 5.73. The average molecular weight is 349 g/mol. The Bertz CT molecular complexity index is 332. The Balaban J connectivity index is 0.00000106. The first-order valence-corrected chi connectivity index (χ1v) is 7.10. The van der Waals surface area contributed by atoms with E-state index in [1.54, 1.807) is 0 Å². The van der Waals surface area contributed by atoms with Crippen LogP contribution in [0.1, 0.15) is 40.5 Å². The molecule has 3 heteroatoms. The third kappa shape index (κ3) is 6.44. The average Bonchev–Trinajstić information content (AvgIpc) is 2.29. The van der Waals surface area contributed by atoms with Crippen molar-refractivity contribution in [2.45, 2.75) is 40.5 Å². The fourth-order valence-corrected chi connectivity index (χ4v) is 1.58. The van der Waals surface area contributed by atoms with Gasteiger partial charge in [0.15, 0.2) is 0 Å². The quantitative estimate of drug-likeness (QED) is 0.565. The molecule has 1 heterocycles. The normalized spacial score (nSPS) is 17.1. The summed E-state index contributed by atoms with van der Waals surface area (Å²) in [5.74, 6) is 0. The first-order chi connectivity index (χ1) is 7.59. The minimum Gasteiger partial charge on any atom is -0.260 e. The van der Waals surface area contributed by atoms with Gasteiger partial charge in [0.25, 0.3) is 0 Å². The molecule has 0 aromatic rings. The van der Waals surface area contributed by atoms with Crippen molar-refractivity contribution in [2.75, 3.05) is 0 Å². The highest BCUT2D eigenvalue weighted by Crippen LogP contribution is 2.20. The maximum absolute atomic E-state index is 4.38. The van der Waals surface area contributed by atoms with Crippen LogP contribution in [0.2, 0.25) is 0 Å². The molecule has 0 aliphatic carbocycles. The molecule has 0 aromatic carbocycles. The summed E-state index contributed by atoms with van der Waals surface area (Å²) in [4.78, 5) is 4.38. The summed E-state index contributed by atoms with van der Waals surface area (Å²) in [6.07, 6.45) is 8.11. The second-order valence-corrected chi connectivity index (χ2v) is 5.52. The molecule has 1 aliphatic heterocycles. The maximum atomic E-state index is 4.38. The van der Waals surface area contributed by atoms with E-state index in [4.69, 9.17) is 0 Å². The van der Waals surface area contributed by atoms with Gasteiger partial charge in [-0.2, -0.15) is 0 Å². The van der Waals surface area contributed by atoms with Crippen LogP contribution in [0, 0.1) is 0 Å². The van der Waals surface area contributed by atoms with Gasteiger partial charge in [0, 0.05) is 16.4 Å². The first-order valence-electron chi connectivity index (χ1n) is 5.52. The van der Waals surface area contributed by atoms with Crippen LogP contribution in [0.15, 0.2) is 37.9 Å². The van der Waals surface area contributed by atoms with Crippen LogP contribution in [-0.4, -0.2) is 5.71 Å². The van der Waals surface area contributed by atoms with Crippen molar-refractivity contribution in [2.24, 2.45) is 4.99 Å². The summed E-state index contributed by atoms with van der Waals surface area (Å²) in [5, 5.41) is 0. The zero-order valence-electron chi connectivity index (χ0n) is 10.3. The molecule has 0 spiro atoms. The van der Waals surface area contributed by atoms with Gasteiger partial charge in [0.2, 0.25) is 0 Å². The van der Waals surface area contributed by atoms with E-state index in [-0.39, 0.29) is 0 Å². The first kappa shape index (κ1) is 15.9. The van der Waals surface area contributed by atoms with Crippen LogP contribution < -0.4 is 0 Å². The van der Waals surface area contributed by atoms with E-state index in [0.29, 0.717) is 0 Å². The van der Waals surface area contributed by atoms with E-state index in [0.717, 1.165) is 17.3 Å². The molecule has 0 saturated heterocycles. The Kier molecular flexibility index (Phi) is 8.86. The van der Waals surface area contributed by atoms with Crippen molar-refractivity contribution in [3.63, 3.8) is 0 Å². The molecule has 0 fully saturated rings. The molecule has 0 amide bonds. The number of rotatable bonds is 2. The zero-order valence-corrected chi connectivity index (χ0v) is 13.5. The van der Waals surface area contributed by atoms with Gasteiger partial charge in [0.1, 0.15) is 0 Å². The summed E-state index contributed by atoms with van der Waals surface area (Å²) in [5.41, 5.74) is 2.42. The molecule has 1 rings (SSSR count). The van der Waals surface area contributed by atoms with Gasteiger partial charge in [-0.1, -0.05) is 57.9 Å². The minimum atomic E-state index is 1.02. The number of aliphatic imine (C=N–C) groups is 1. The molecule has 1 nitrogen and oxygen atoms in total. The molecule has 16 heavy (non-hydrogen) atoms. The molecule has 0 saturated carbocycles. The highest BCUT2D eigenvalue weighted by molar-refractivity contribution is 9.12. The van der Waals surface area contributed by atoms with Gasteiger partial charge >= 0.3 is 0 Å². The van der Waals surface area contributed by atoms with Crippen LogP contribution >= 0.6 is 31.9 Å². The summed E-state index contributed by atoms with van der Waals surface area (Å²) >= 11 is 6.84. The van der Waals surface area contributed by atoms with E-state index >= 15 is 0 Å². The van der Waals surface area contributed by atoms with Gasteiger partial charge in [-0.25, -0.2) is 0 Å². The van der Waals surface area contributed by atoms with Crippen molar-refractivity contribution >= 4 is 37.6 Å². The fourth-order valence-electron chi connectivity index (χ4n) is 1.15. The minimum absolute atomic E-state index is 1.02. The smallest absolute Gasteiger partial charge is 0.0436 e. The molecular weight excluding hydrogens is 330 g/mol. The van der Waals surface area contributed by atoms with E-state index in [9.17, 15) is 0 Å². The summed E-state index contributed by atoms with van der Waals surface area (Å²) in [6.45, 7) is 8.11. The molecule has 0 N–H and O–H groups in total. The zero-order chi connectivity index (χ0) is 12.6. The molecule has 1 aliphatic rings. The van der Waals surface area contributed by atoms with Gasteiger partial charge in [0.05, 0.1) is 0 Å². The lowest BCUT2D eigenvalue weighted by Gasteiger charge is -2.09. The van der Waals surface area contributed by atoms with Crippen LogP contribution in [-0.2, 0) is 0 Å². The van der Waals surface area contributed by atoms with Gasteiger partial charge in [-0.15, -0.1) is 0 Å². The largest absolute Gasteiger partial charge is 0.260 e. The van der Waals surface area contributed by atoms with Crippen LogP contribution in [0.5, 0.6) is 0 Å². The molecule has 0 bridgehead atoms. The van der Waals surface area contributed by atoms with Gasteiger partial charge in [-0.05, 0) is 36.7 Å². The Hall–Kier alpha value is -0.150. The number of nitrogens with zero attached hydrogens (tertiary/aromatic N) is 1. The molecule has 0 unspecified atom stereocenters. The fraction of sp³-hybridized carbons (Fsp3) is 0.462. The van der Waals surface area contributed by atoms with E-state index < -0.39 is 0 Å². The van der Waals surface area contributed by atoms with Crippen molar-refractivity contribution in [1.29, 1.82) is 0 Å². The summed E-state index contributed by atoms with van der Waals surface area (Å²) in [6, 6.07) is 0. The highest BCUT2D eigenvalue weighted by Gasteiger charge is 2.06. The Morgan fingerprint density at radius 1 is 1.25 bits per heavy atom. The number of hydrogen-bond acceptors (Lipinski definition) is 1. The van der Waals surface area contributed by atoms with Crippen molar-refractivity contribution in [3.05, 3.63) is 32.9 Å². The second kappa shape index (κ2) is 8.94. The molecule has 90 valence electrons. The van der Waals surface area contributed by atoms with Gasteiger partial charge < -0.3 is 0 Å². The second-order valence-electron chi connectivity index (χ2n) is 3.25. The molecular formula is C13H19Br2N. The standard InChI is InChI=1S/C11H13Br2N.C2H6/c1-8(3-4-9(2)12)11-6-5-10(13)7-14-11;1-2/h3-4,7H,5-6H2,1-2H3;1-2H3/b8-3+,9-4+;. The SMILES string of the molecule is C/C(Br)=C\C=C(/C)C1=NC=C(Br)CC1.CC. The topological polar surface area (TPSA) is 12.4 Å². The Morgan fingerprint density at radius 2 is 1.88 bits per heavy atom. The van der Waals surface area contributed by atoms with Crippen molar-refractivity contribution < 1.29 is 0 Å². The predicted molar refractivity (Wildman–Crippen MR) is 81.5 cm³/mol. The molecule has 0 atom stereocenters. The summed E-state index contributed by atoms with van der Waals surface area (Å²) < 4.78 is 2.31. The third-order valence-corrected chi connectivity index (χ3v) is 2.84. The van der Waals surface area contributed by atoms with E-state index in [2.05, 4.69) is 49.9 Å². The molecule has 0 aromatic heterocycles. The Morgan fingerprint density at radius 3 is 2.31 bits per heavy atom. The highest BCUT2D eigenvalue weighted by atomic mass is 79.9. The van der Waals surface area contributed by atoms with Crippen LogP contribution in [0.25, 0.3) is 0 Å². The molecule has 0 radical (unpaired) electrons. The number of halogens is 2. The van der Waals surface area contributed by atoms with Crippen LogP contribution in [0.3, 0.4) is 0 Å². The van der Waals surface area contributed by atoms with Crippen molar-refractivity contribution in [3.8, 4) is 0 Å². The lowest BCUT2D eigenvalue weighted by Crippen LogP contribution is -2.02. The van der Waals surface area contributed by atoms with Crippen molar-refractivity contribution in [1.82, 2.24) is 0 Å². The lowest BCUT2D eigenvalue weighted by atomic mass is 10.1. The Labute approximate surface area is 116 Å². The van der Waals surface area contributed by atoms with Gasteiger partial charge in [-0.3, -0.25) is 4.99 Å². The third-order valence-electron chi connectivity index (χ3n) is 1.98. The van der Waals surface area contributed by atoms with E-state index in [1.807, 2.05) is 33.0 Å². The lowest BCUT2D eigenvalue weighted by molar-refractivity contribution is 1.04. The maximum Gasteiger partial charge on any atom is 0.0436 e. The monoisotopic (exact) mass is 347 g/mol. The van der Waals surface area contributed by atoms with E-state index in [1.165, 1.54) is 15.8 Å². The number of hydrogen-bond donors (Lipinski definition) is 0. The van der Waals surface area contributed by atoms with Crippen LogP contribution in [0.4, 0.5) is 0 Å². The number of allylic oxidation sites excluding steroid dienone is 5. The summed E-state index contributed by atoms with van der Waals surface area (Å²) in [7, 11) is 0.